The van der Waals surface area contributed by atoms with Crippen molar-refractivity contribution in [1.82, 2.24) is 10.9 Å². The maximum Gasteiger partial charge on any atom is 0.249 e. The molecule has 0 aromatic rings. The number of hydrogen-bond acceptors (Lipinski definition) is 4. The normalized spacial score (nSPS) is 8.80. The van der Waals surface area contributed by atoms with Crippen molar-refractivity contribution in [3.05, 3.63) is 0 Å². The predicted octanol–water partition coefficient (Wildman–Crippen LogP) is 0.400. The van der Waals surface area contributed by atoms with Crippen LogP contribution >= 0.6 is 0 Å². The van der Waals surface area contributed by atoms with Gasteiger partial charge in [0.15, 0.2) is 0 Å². The van der Waals surface area contributed by atoms with Gasteiger partial charge < -0.3 is 0 Å². The molecule has 0 saturated heterocycles. The minimum Gasteiger partial charge on any atom is -0.273 e. The summed E-state index contributed by atoms with van der Waals surface area (Å²) >= 11 is 0. The Morgan fingerprint density at radius 3 is 1.47 bits per heavy atom. The van der Waals surface area contributed by atoms with Crippen LogP contribution in [0.4, 0.5) is 0 Å². The van der Waals surface area contributed by atoms with Crippen LogP contribution in [0.3, 0.4) is 0 Å². The molecule has 0 radical (unpaired) electrons. The van der Waals surface area contributed by atoms with Gasteiger partial charge in [0.2, 0.25) is 11.8 Å². The van der Waals surface area contributed by atoms with Crippen molar-refractivity contribution in [2.45, 2.75) is 34.1 Å². The molecule has 0 heterocycles. The van der Waals surface area contributed by atoms with Gasteiger partial charge in [-0.25, -0.2) is 10.9 Å². The molecular formula is C9H16N4O2. The molecule has 6 nitrogen and oxygen atoms in total. The number of nitrogens with one attached hydrogen (secondary N) is 2. The topological polar surface area (TPSA) is 82.9 Å². The van der Waals surface area contributed by atoms with E-state index in [4.69, 9.17) is 0 Å². The van der Waals surface area contributed by atoms with Crippen LogP contribution in [0, 0.1) is 0 Å². The second-order valence-electron chi connectivity index (χ2n) is 3.36. The first-order valence-electron chi connectivity index (χ1n) is 4.51. The minimum atomic E-state index is -0.461. The zero-order chi connectivity index (χ0) is 11.8. The molecule has 0 saturated carbocycles. The van der Waals surface area contributed by atoms with Crippen LogP contribution in [0.5, 0.6) is 0 Å². The van der Waals surface area contributed by atoms with Crippen molar-refractivity contribution in [2.24, 2.45) is 10.2 Å². The second-order valence-corrected chi connectivity index (χ2v) is 3.36. The molecule has 0 aromatic heterocycles. The molecule has 0 atom stereocenters. The molecule has 2 N–H and O–H groups in total. The van der Waals surface area contributed by atoms with E-state index < -0.39 is 11.8 Å². The molecule has 0 bridgehead atoms. The van der Waals surface area contributed by atoms with E-state index in [1.165, 1.54) is 0 Å². The third kappa shape index (κ3) is 8.61. The van der Waals surface area contributed by atoms with Crippen LogP contribution in [0.1, 0.15) is 34.1 Å². The van der Waals surface area contributed by atoms with Crippen molar-refractivity contribution >= 4 is 23.2 Å². The molecule has 0 unspecified atom stereocenters. The maximum absolute atomic E-state index is 11.1. The summed E-state index contributed by atoms with van der Waals surface area (Å²) in [7, 11) is 0. The van der Waals surface area contributed by atoms with E-state index in [1.807, 2.05) is 0 Å². The monoisotopic (exact) mass is 212 g/mol. The lowest BCUT2D eigenvalue weighted by Gasteiger charge is -2.00. The van der Waals surface area contributed by atoms with Gasteiger partial charge >= 0.3 is 0 Å². The first kappa shape index (κ1) is 13.3. The first-order valence-corrected chi connectivity index (χ1v) is 4.51. The van der Waals surface area contributed by atoms with E-state index in [9.17, 15) is 9.59 Å². The van der Waals surface area contributed by atoms with Crippen molar-refractivity contribution in [3.8, 4) is 0 Å². The van der Waals surface area contributed by atoms with Gasteiger partial charge in [0.25, 0.3) is 0 Å². The Hall–Kier alpha value is -1.72. The fraction of sp³-hybridized carbons (Fsp3) is 0.556. The van der Waals surface area contributed by atoms with E-state index in [1.54, 1.807) is 27.7 Å². The molecule has 0 fully saturated rings. The van der Waals surface area contributed by atoms with Crippen LogP contribution in [-0.4, -0.2) is 23.2 Å². The third-order valence-corrected chi connectivity index (χ3v) is 1.13. The summed E-state index contributed by atoms with van der Waals surface area (Å²) in [5, 5.41) is 7.35. The summed E-state index contributed by atoms with van der Waals surface area (Å²) < 4.78 is 0. The van der Waals surface area contributed by atoms with E-state index in [-0.39, 0.29) is 6.42 Å². The molecule has 0 spiro atoms. The quantitative estimate of drug-likeness (QED) is 0.401. The summed E-state index contributed by atoms with van der Waals surface area (Å²) in [5.74, 6) is -0.921. The van der Waals surface area contributed by atoms with Crippen LogP contribution in [0.15, 0.2) is 10.2 Å². The standard InChI is InChI=1S/C9H16N4O2/c1-6(2)10-12-8(14)5-9(15)13-11-7(3)4/h5H2,1-4H3,(H,12,14)(H,13,15). The van der Waals surface area contributed by atoms with Crippen LogP contribution in [0.25, 0.3) is 0 Å². The van der Waals surface area contributed by atoms with Crippen molar-refractivity contribution < 1.29 is 9.59 Å². The average Bonchev–Trinajstić information content (AvgIpc) is 2.11. The molecule has 2 amide bonds. The zero-order valence-corrected chi connectivity index (χ0v) is 9.42. The van der Waals surface area contributed by atoms with E-state index in [2.05, 4.69) is 21.1 Å². The zero-order valence-electron chi connectivity index (χ0n) is 9.42. The minimum absolute atomic E-state index is 0.284. The van der Waals surface area contributed by atoms with Gasteiger partial charge in [-0.2, -0.15) is 10.2 Å². The molecule has 0 aromatic carbocycles. The summed E-state index contributed by atoms with van der Waals surface area (Å²) in [6.07, 6.45) is -0.284. The summed E-state index contributed by atoms with van der Waals surface area (Å²) in [6.45, 7) is 6.96. The smallest absolute Gasteiger partial charge is 0.249 e. The van der Waals surface area contributed by atoms with Gasteiger partial charge in [-0.3, -0.25) is 9.59 Å². The molecule has 15 heavy (non-hydrogen) atoms. The Labute approximate surface area is 88.8 Å². The largest absolute Gasteiger partial charge is 0.273 e. The van der Waals surface area contributed by atoms with Crippen LogP contribution in [-0.2, 0) is 9.59 Å². The molecule has 0 aliphatic carbocycles. The second kappa shape index (κ2) is 6.69. The SMILES string of the molecule is CC(C)=NNC(=O)CC(=O)NN=C(C)C. The van der Waals surface area contributed by atoms with Gasteiger partial charge in [0.1, 0.15) is 6.42 Å². The number of amides is 2. The lowest BCUT2D eigenvalue weighted by atomic mass is 10.4. The van der Waals surface area contributed by atoms with E-state index >= 15 is 0 Å². The summed E-state index contributed by atoms with van der Waals surface area (Å²) in [6, 6.07) is 0. The number of rotatable bonds is 4. The molecule has 6 heteroatoms. The van der Waals surface area contributed by atoms with Gasteiger partial charge in [-0.1, -0.05) is 0 Å². The Balaban J connectivity index is 3.92. The number of carbonyl (C=O) groups is 2. The lowest BCUT2D eigenvalue weighted by Crippen LogP contribution is -2.27. The summed E-state index contributed by atoms with van der Waals surface area (Å²) in [5.41, 5.74) is 5.91. The maximum atomic E-state index is 11.1. The highest BCUT2D eigenvalue weighted by molar-refractivity contribution is 5.97. The predicted molar refractivity (Wildman–Crippen MR) is 58.5 cm³/mol. The van der Waals surface area contributed by atoms with Gasteiger partial charge in [-0.15, -0.1) is 0 Å². The number of hydrogen-bond donors (Lipinski definition) is 2. The van der Waals surface area contributed by atoms with Crippen LogP contribution in [0.2, 0.25) is 0 Å². The molecule has 0 aliphatic rings. The first-order chi connectivity index (χ1) is 6.91. The highest BCUT2D eigenvalue weighted by Gasteiger charge is 2.07. The Morgan fingerprint density at radius 1 is 0.867 bits per heavy atom. The van der Waals surface area contributed by atoms with E-state index in [0.717, 1.165) is 0 Å². The number of carbonyl (C=O) groups excluding carboxylic acids is 2. The van der Waals surface area contributed by atoms with Crippen molar-refractivity contribution in [2.75, 3.05) is 0 Å². The lowest BCUT2D eigenvalue weighted by molar-refractivity contribution is -0.129. The van der Waals surface area contributed by atoms with Crippen LogP contribution < -0.4 is 10.9 Å². The Kier molecular flexibility index (Phi) is 5.92. The Morgan fingerprint density at radius 2 is 1.20 bits per heavy atom. The Bertz CT molecular complexity index is 269. The fourth-order valence-corrected chi connectivity index (χ4v) is 0.573. The van der Waals surface area contributed by atoms with Gasteiger partial charge in [0.05, 0.1) is 0 Å². The third-order valence-electron chi connectivity index (χ3n) is 1.13. The number of nitrogens with zero attached hydrogens (tertiary/aromatic N) is 2. The molecule has 84 valence electrons. The molecule has 0 aliphatic heterocycles. The highest BCUT2D eigenvalue weighted by Crippen LogP contribution is 1.82. The van der Waals surface area contributed by atoms with Gasteiger partial charge in [0, 0.05) is 11.4 Å². The number of hydrazone groups is 2. The van der Waals surface area contributed by atoms with Crippen molar-refractivity contribution in [3.63, 3.8) is 0 Å². The van der Waals surface area contributed by atoms with E-state index in [0.29, 0.717) is 11.4 Å². The molecule has 0 rings (SSSR count). The highest BCUT2D eigenvalue weighted by atomic mass is 16.2. The van der Waals surface area contributed by atoms with Crippen molar-refractivity contribution in [1.29, 1.82) is 0 Å². The molecular weight excluding hydrogens is 196 g/mol. The average molecular weight is 212 g/mol. The van der Waals surface area contributed by atoms with Gasteiger partial charge in [-0.05, 0) is 27.7 Å². The summed E-state index contributed by atoms with van der Waals surface area (Å²) in [4.78, 5) is 22.2. The fourth-order valence-electron chi connectivity index (χ4n) is 0.573.